The van der Waals surface area contributed by atoms with E-state index in [0.29, 0.717) is 17.9 Å². The molecule has 2 aliphatic carbocycles. The van der Waals surface area contributed by atoms with Crippen molar-refractivity contribution in [2.45, 2.75) is 43.5 Å². The van der Waals surface area contributed by atoms with E-state index in [1.165, 1.54) is 12.8 Å². The minimum absolute atomic E-state index is 0.227. The molecule has 0 aliphatic heterocycles. The molecule has 0 radical (unpaired) electrons. The number of hydrogen-bond donors (Lipinski definition) is 1. The number of halogens is 2. The molecule has 0 saturated heterocycles. The van der Waals surface area contributed by atoms with Gasteiger partial charge < -0.3 is 0 Å². The van der Waals surface area contributed by atoms with Crippen molar-refractivity contribution in [3.05, 3.63) is 29.8 Å². The molecule has 0 heterocycles. The van der Waals surface area contributed by atoms with E-state index in [-0.39, 0.29) is 6.04 Å². The fourth-order valence-electron chi connectivity index (χ4n) is 4.00. The predicted octanol–water partition coefficient (Wildman–Crippen LogP) is 3.07. The van der Waals surface area contributed by atoms with Gasteiger partial charge in [-0.15, -0.1) is 0 Å². The number of nitrogens with one attached hydrogen (secondary N) is 1. The van der Waals surface area contributed by atoms with Gasteiger partial charge in [-0.1, -0.05) is 6.42 Å². The topological polar surface area (TPSA) is 46.2 Å². The van der Waals surface area contributed by atoms with E-state index in [1.54, 1.807) is 0 Å². The van der Waals surface area contributed by atoms with Crippen LogP contribution in [0, 0.1) is 29.4 Å². The van der Waals surface area contributed by atoms with Crippen molar-refractivity contribution in [2.24, 2.45) is 17.8 Å². The highest BCUT2D eigenvalue weighted by Crippen LogP contribution is 2.49. The summed E-state index contributed by atoms with van der Waals surface area (Å²) in [6, 6.07) is 2.30. The average molecular weight is 315 g/mol. The monoisotopic (exact) mass is 315 g/mol. The summed E-state index contributed by atoms with van der Waals surface area (Å²) in [5.41, 5.74) is 0. The summed E-state index contributed by atoms with van der Waals surface area (Å²) in [7, 11) is -3.95. The molecular formula is C15H19F2NO2S. The average Bonchev–Trinajstić information content (AvgIpc) is 2.99. The molecule has 2 saturated carbocycles. The van der Waals surface area contributed by atoms with E-state index in [9.17, 15) is 17.2 Å². The summed E-state index contributed by atoms with van der Waals surface area (Å²) < 4.78 is 53.7. The van der Waals surface area contributed by atoms with Gasteiger partial charge in [-0.25, -0.2) is 21.9 Å². The highest BCUT2D eigenvalue weighted by atomic mass is 32.2. The van der Waals surface area contributed by atoms with Crippen LogP contribution in [0.4, 0.5) is 8.78 Å². The van der Waals surface area contributed by atoms with Crippen LogP contribution in [0.2, 0.25) is 0 Å². The predicted molar refractivity (Wildman–Crippen MR) is 75.1 cm³/mol. The number of sulfonamides is 1. The number of fused-ring (bicyclic) bond motifs is 2. The van der Waals surface area contributed by atoms with Gasteiger partial charge >= 0.3 is 0 Å². The first-order valence-corrected chi connectivity index (χ1v) is 8.82. The number of benzene rings is 1. The Balaban J connectivity index is 1.76. The molecule has 116 valence electrons. The van der Waals surface area contributed by atoms with Gasteiger partial charge in [0.25, 0.3) is 0 Å². The lowest BCUT2D eigenvalue weighted by Gasteiger charge is -2.28. The smallest absolute Gasteiger partial charge is 0.208 e. The number of hydrogen-bond acceptors (Lipinski definition) is 2. The Bertz CT molecular complexity index is 647. The second-order valence-corrected chi connectivity index (χ2v) is 8.01. The lowest BCUT2D eigenvalue weighted by atomic mass is 9.84. The molecule has 21 heavy (non-hydrogen) atoms. The van der Waals surface area contributed by atoms with Crippen molar-refractivity contribution >= 4 is 10.0 Å². The summed E-state index contributed by atoms with van der Waals surface area (Å²) in [4.78, 5) is -0.487. The molecule has 0 unspecified atom stereocenters. The van der Waals surface area contributed by atoms with Crippen LogP contribution in [0.3, 0.4) is 0 Å². The largest absolute Gasteiger partial charge is 0.243 e. The summed E-state index contributed by atoms with van der Waals surface area (Å²) in [5.74, 6) is -0.224. The molecule has 3 nitrogen and oxygen atoms in total. The van der Waals surface area contributed by atoms with Crippen LogP contribution < -0.4 is 4.72 Å². The van der Waals surface area contributed by atoms with Crippen LogP contribution in [-0.2, 0) is 10.0 Å². The Morgan fingerprint density at radius 1 is 1.24 bits per heavy atom. The number of rotatable bonds is 4. The quantitative estimate of drug-likeness (QED) is 0.928. The molecule has 3 rings (SSSR count). The normalized spacial score (nSPS) is 29.8. The van der Waals surface area contributed by atoms with Gasteiger partial charge in [0.2, 0.25) is 10.0 Å². The Morgan fingerprint density at radius 3 is 2.57 bits per heavy atom. The Labute approximate surface area is 123 Å². The van der Waals surface area contributed by atoms with E-state index in [2.05, 4.69) is 4.72 Å². The van der Waals surface area contributed by atoms with Gasteiger partial charge in [-0.05, 0) is 56.1 Å². The van der Waals surface area contributed by atoms with E-state index in [4.69, 9.17) is 0 Å². The van der Waals surface area contributed by atoms with Crippen molar-refractivity contribution in [2.75, 3.05) is 0 Å². The standard InChI is InChI=1S/C15H19F2NO2S/c1-9(13-7-10-2-3-11(13)6-10)18-21(19,20)15-5-4-12(16)8-14(15)17/h4-5,8-11,13,18H,2-3,6-7H2,1H3/t9-,10+,11+,13-/m1/s1. The lowest BCUT2D eigenvalue weighted by molar-refractivity contribution is 0.280. The molecule has 6 heteroatoms. The fraction of sp³-hybridized carbons (Fsp3) is 0.600. The third kappa shape index (κ3) is 2.83. The first-order valence-electron chi connectivity index (χ1n) is 7.34. The molecular weight excluding hydrogens is 296 g/mol. The molecule has 4 atom stereocenters. The van der Waals surface area contributed by atoms with E-state index >= 15 is 0 Å². The maximum atomic E-state index is 13.7. The molecule has 2 fully saturated rings. The van der Waals surface area contributed by atoms with Gasteiger partial charge in [0, 0.05) is 12.1 Å². The van der Waals surface area contributed by atoms with E-state index in [1.807, 2.05) is 6.92 Å². The molecule has 2 bridgehead atoms. The molecule has 0 amide bonds. The second kappa shape index (κ2) is 5.32. The maximum absolute atomic E-state index is 13.7. The highest BCUT2D eigenvalue weighted by Gasteiger charge is 2.42. The van der Waals surface area contributed by atoms with Crippen molar-refractivity contribution in [3.8, 4) is 0 Å². The summed E-state index contributed by atoms with van der Waals surface area (Å²) >= 11 is 0. The van der Waals surface area contributed by atoms with E-state index in [0.717, 1.165) is 30.9 Å². The van der Waals surface area contributed by atoms with Crippen LogP contribution >= 0.6 is 0 Å². The van der Waals surface area contributed by atoms with Crippen LogP contribution in [0.15, 0.2) is 23.1 Å². The lowest BCUT2D eigenvalue weighted by Crippen LogP contribution is -2.40. The van der Waals surface area contributed by atoms with Crippen LogP contribution in [0.25, 0.3) is 0 Å². The Kier molecular flexibility index (Phi) is 3.78. The molecule has 2 aliphatic rings. The summed E-state index contributed by atoms with van der Waals surface area (Å²) in [6.07, 6.45) is 4.63. The van der Waals surface area contributed by atoms with Gasteiger partial charge in [0.1, 0.15) is 16.5 Å². The minimum atomic E-state index is -3.95. The molecule has 0 spiro atoms. The first-order chi connectivity index (χ1) is 9.87. The Hall–Kier alpha value is -1.01. The van der Waals surface area contributed by atoms with Crippen LogP contribution in [-0.4, -0.2) is 14.5 Å². The summed E-state index contributed by atoms with van der Waals surface area (Å²) in [5, 5.41) is 0. The fourth-order valence-corrected chi connectivity index (χ4v) is 5.35. The SMILES string of the molecule is C[C@@H](NS(=O)(=O)c1ccc(F)cc1F)[C@H]1C[C@H]2CC[C@H]1C2. The van der Waals surface area contributed by atoms with Gasteiger partial charge in [-0.3, -0.25) is 0 Å². The third-order valence-electron chi connectivity index (χ3n) is 4.96. The van der Waals surface area contributed by atoms with Crippen molar-refractivity contribution in [1.29, 1.82) is 0 Å². The van der Waals surface area contributed by atoms with E-state index < -0.39 is 26.6 Å². The second-order valence-electron chi connectivity index (χ2n) is 6.32. The minimum Gasteiger partial charge on any atom is -0.208 e. The molecule has 0 aromatic heterocycles. The zero-order chi connectivity index (χ0) is 15.2. The third-order valence-corrected chi connectivity index (χ3v) is 6.55. The first kappa shape index (κ1) is 14.9. The summed E-state index contributed by atoms with van der Waals surface area (Å²) in [6.45, 7) is 1.84. The van der Waals surface area contributed by atoms with Gasteiger partial charge in [-0.2, -0.15) is 0 Å². The van der Waals surface area contributed by atoms with Gasteiger partial charge in [0.05, 0.1) is 0 Å². The maximum Gasteiger partial charge on any atom is 0.243 e. The van der Waals surface area contributed by atoms with Gasteiger partial charge in [0.15, 0.2) is 0 Å². The highest BCUT2D eigenvalue weighted by molar-refractivity contribution is 7.89. The molecule has 1 N–H and O–H groups in total. The van der Waals surface area contributed by atoms with Crippen LogP contribution in [0.5, 0.6) is 0 Å². The van der Waals surface area contributed by atoms with Crippen molar-refractivity contribution < 1.29 is 17.2 Å². The zero-order valence-electron chi connectivity index (χ0n) is 11.9. The Morgan fingerprint density at radius 2 is 2.00 bits per heavy atom. The van der Waals surface area contributed by atoms with Crippen LogP contribution in [0.1, 0.15) is 32.6 Å². The zero-order valence-corrected chi connectivity index (χ0v) is 12.7. The van der Waals surface area contributed by atoms with Crippen molar-refractivity contribution in [3.63, 3.8) is 0 Å². The molecule has 1 aromatic carbocycles. The van der Waals surface area contributed by atoms with Crippen molar-refractivity contribution in [1.82, 2.24) is 4.72 Å². The molecule has 1 aromatic rings.